The summed E-state index contributed by atoms with van der Waals surface area (Å²) in [6.07, 6.45) is 2.24. The van der Waals surface area contributed by atoms with Crippen LogP contribution in [-0.4, -0.2) is 36.7 Å². The lowest BCUT2D eigenvalue weighted by molar-refractivity contribution is -0.122. The molecule has 22 heavy (non-hydrogen) atoms. The predicted molar refractivity (Wildman–Crippen MR) is 86.6 cm³/mol. The molecule has 3 heterocycles. The number of aromatic nitrogens is 1. The van der Waals surface area contributed by atoms with Gasteiger partial charge in [0.05, 0.1) is 30.3 Å². The van der Waals surface area contributed by atoms with E-state index in [9.17, 15) is 4.79 Å². The molecule has 0 aromatic carbocycles. The molecule has 2 aromatic heterocycles. The highest BCUT2D eigenvalue weighted by Gasteiger charge is 2.16. The number of hydrogen-bond acceptors (Lipinski definition) is 5. The van der Waals surface area contributed by atoms with Gasteiger partial charge in [0, 0.05) is 30.1 Å². The number of nitrogens with zero attached hydrogens (tertiary/aromatic N) is 1. The molecule has 1 atom stereocenters. The Hall–Kier alpha value is -1.76. The zero-order chi connectivity index (χ0) is 15.2. The van der Waals surface area contributed by atoms with Gasteiger partial charge in [-0.3, -0.25) is 9.78 Å². The van der Waals surface area contributed by atoms with Crippen LogP contribution < -0.4 is 10.6 Å². The van der Waals surface area contributed by atoms with E-state index in [0.29, 0.717) is 19.6 Å². The first-order chi connectivity index (χ1) is 10.8. The Kier molecular flexibility index (Phi) is 5.15. The molecule has 0 radical (unpaired) electrons. The molecule has 116 valence electrons. The molecule has 0 spiro atoms. The third-order valence-electron chi connectivity index (χ3n) is 3.47. The van der Waals surface area contributed by atoms with E-state index in [0.717, 1.165) is 28.6 Å². The van der Waals surface area contributed by atoms with Gasteiger partial charge < -0.3 is 15.4 Å². The topological polar surface area (TPSA) is 63.2 Å². The van der Waals surface area contributed by atoms with Gasteiger partial charge >= 0.3 is 0 Å². The molecule has 0 aliphatic carbocycles. The Bertz CT molecular complexity index is 609. The molecule has 5 nitrogen and oxygen atoms in total. The lowest BCUT2D eigenvalue weighted by Crippen LogP contribution is -2.44. The van der Waals surface area contributed by atoms with Crippen molar-refractivity contribution in [2.24, 2.45) is 0 Å². The van der Waals surface area contributed by atoms with Gasteiger partial charge in [-0.1, -0.05) is 6.07 Å². The summed E-state index contributed by atoms with van der Waals surface area (Å²) in [7, 11) is 0. The summed E-state index contributed by atoms with van der Waals surface area (Å²) in [6.45, 7) is 2.71. The Balaban J connectivity index is 1.49. The molecule has 1 fully saturated rings. The number of carbonyl (C=O) groups is 1. The lowest BCUT2D eigenvalue weighted by atomic mass is 10.2. The fraction of sp³-hybridized carbons (Fsp3) is 0.375. The van der Waals surface area contributed by atoms with Gasteiger partial charge in [-0.25, -0.2) is 0 Å². The highest BCUT2D eigenvalue weighted by atomic mass is 32.1. The van der Waals surface area contributed by atoms with Crippen molar-refractivity contribution in [3.63, 3.8) is 0 Å². The Morgan fingerprint density at radius 3 is 3.14 bits per heavy atom. The number of rotatable bonds is 5. The van der Waals surface area contributed by atoms with Crippen molar-refractivity contribution >= 4 is 17.2 Å². The highest BCUT2D eigenvalue weighted by Crippen LogP contribution is 2.26. The van der Waals surface area contributed by atoms with E-state index in [4.69, 9.17) is 4.74 Å². The van der Waals surface area contributed by atoms with E-state index in [1.54, 1.807) is 17.5 Å². The third kappa shape index (κ3) is 4.13. The SMILES string of the molecule is O=C(C[C@H]1COCCN1)NCc1ccc(-c2ccccn2)s1. The van der Waals surface area contributed by atoms with E-state index in [-0.39, 0.29) is 11.9 Å². The van der Waals surface area contributed by atoms with Crippen LogP contribution in [0.3, 0.4) is 0 Å². The zero-order valence-corrected chi connectivity index (χ0v) is 13.1. The molecule has 1 amide bonds. The third-order valence-corrected chi connectivity index (χ3v) is 4.58. The van der Waals surface area contributed by atoms with Gasteiger partial charge in [0.15, 0.2) is 0 Å². The van der Waals surface area contributed by atoms with Gasteiger partial charge in [-0.15, -0.1) is 11.3 Å². The molecule has 3 rings (SSSR count). The van der Waals surface area contributed by atoms with Crippen LogP contribution in [0.5, 0.6) is 0 Å². The molecule has 0 bridgehead atoms. The van der Waals surface area contributed by atoms with Gasteiger partial charge in [0.1, 0.15) is 0 Å². The summed E-state index contributed by atoms with van der Waals surface area (Å²) in [6, 6.07) is 10.1. The fourth-order valence-electron chi connectivity index (χ4n) is 2.35. The molecular formula is C16H19N3O2S. The average Bonchev–Trinajstić information content (AvgIpc) is 3.04. The number of thiophene rings is 1. The first-order valence-electron chi connectivity index (χ1n) is 7.39. The van der Waals surface area contributed by atoms with Gasteiger partial charge in [0.25, 0.3) is 0 Å². The Labute approximate surface area is 133 Å². The minimum Gasteiger partial charge on any atom is -0.378 e. The number of amides is 1. The van der Waals surface area contributed by atoms with Crippen molar-refractivity contribution in [2.45, 2.75) is 19.0 Å². The van der Waals surface area contributed by atoms with E-state index in [1.807, 2.05) is 30.3 Å². The van der Waals surface area contributed by atoms with Crippen molar-refractivity contribution in [1.82, 2.24) is 15.6 Å². The first kappa shape index (κ1) is 15.1. The van der Waals surface area contributed by atoms with Crippen LogP contribution >= 0.6 is 11.3 Å². The Morgan fingerprint density at radius 1 is 1.41 bits per heavy atom. The number of carbonyl (C=O) groups excluding carboxylic acids is 1. The van der Waals surface area contributed by atoms with Gasteiger partial charge in [-0.2, -0.15) is 0 Å². The highest BCUT2D eigenvalue weighted by molar-refractivity contribution is 7.15. The molecule has 1 saturated heterocycles. The maximum atomic E-state index is 11.9. The number of nitrogens with one attached hydrogen (secondary N) is 2. The lowest BCUT2D eigenvalue weighted by Gasteiger charge is -2.23. The molecule has 0 saturated carbocycles. The maximum Gasteiger partial charge on any atom is 0.221 e. The van der Waals surface area contributed by atoms with E-state index in [1.165, 1.54) is 0 Å². The van der Waals surface area contributed by atoms with Crippen molar-refractivity contribution in [1.29, 1.82) is 0 Å². The second-order valence-corrected chi connectivity index (χ2v) is 6.36. The largest absolute Gasteiger partial charge is 0.378 e. The minimum absolute atomic E-state index is 0.0517. The second-order valence-electron chi connectivity index (χ2n) is 5.19. The van der Waals surface area contributed by atoms with Crippen LogP contribution in [-0.2, 0) is 16.1 Å². The second kappa shape index (κ2) is 7.49. The molecular weight excluding hydrogens is 298 g/mol. The fourth-order valence-corrected chi connectivity index (χ4v) is 3.28. The molecule has 6 heteroatoms. The smallest absolute Gasteiger partial charge is 0.221 e. The van der Waals surface area contributed by atoms with Crippen LogP contribution in [0.2, 0.25) is 0 Å². The summed E-state index contributed by atoms with van der Waals surface area (Å²) in [5.41, 5.74) is 0.966. The van der Waals surface area contributed by atoms with Crippen molar-refractivity contribution in [2.75, 3.05) is 19.8 Å². The van der Waals surface area contributed by atoms with Crippen LogP contribution in [0.25, 0.3) is 10.6 Å². The number of morpholine rings is 1. The normalized spacial score (nSPS) is 18.1. The summed E-state index contributed by atoms with van der Waals surface area (Å²) in [5, 5.41) is 6.25. The van der Waals surface area contributed by atoms with E-state index >= 15 is 0 Å². The first-order valence-corrected chi connectivity index (χ1v) is 8.21. The molecule has 1 aliphatic rings. The average molecular weight is 317 g/mol. The van der Waals surface area contributed by atoms with Crippen molar-refractivity contribution in [3.8, 4) is 10.6 Å². The van der Waals surface area contributed by atoms with Crippen LogP contribution in [0, 0.1) is 0 Å². The van der Waals surface area contributed by atoms with Gasteiger partial charge in [-0.05, 0) is 24.3 Å². The van der Waals surface area contributed by atoms with E-state index < -0.39 is 0 Å². The summed E-state index contributed by atoms with van der Waals surface area (Å²) in [4.78, 5) is 18.5. The molecule has 2 N–H and O–H groups in total. The summed E-state index contributed by atoms with van der Waals surface area (Å²) >= 11 is 1.66. The standard InChI is InChI=1S/C16H19N3O2S/c20-16(9-12-11-21-8-7-17-12)19-10-13-4-5-15(22-13)14-3-1-2-6-18-14/h1-6,12,17H,7-11H2,(H,19,20)/t12-/m0/s1. The molecule has 2 aromatic rings. The quantitative estimate of drug-likeness (QED) is 0.883. The van der Waals surface area contributed by atoms with Crippen LogP contribution in [0.4, 0.5) is 0 Å². The summed E-state index contributed by atoms with van der Waals surface area (Å²) in [5.74, 6) is 0.0517. The van der Waals surface area contributed by atoms with Crippen molar-refractivity contribution < 1.29 is 9.53 Å². The minimum atomic E-state index is 0.0517. The zero-order valence-electron chi connectivity index (χ0n) is 12.2. The molecule has 1 aliphatic heterocycles. The van der Waals surface area contributed by atoms with Crippen LogP contribution in [0.1, 0.15) is 11.3 Å². The number of hydrogen-bond donors (Lipinski definition) is 2. The van der Waals surface area contributed by atoms with Crippen molar-refractivity contribution in [3.05, 3.63) is 41.4 Å². The van der Waals surface area contributed by atoms with E-state index in [2.05, 4.69) is 15.6 Å². The molecule has 0 unspecified atom stereocenters. The number of ether oxygens (including phenoxy) is 1. The van der Waals surface area contributed by atoms with Crippen LogP contribution in [0.15, 0.2) is 36.5 Å². The summed E-state index contributed by atoms with van der Waals surface area (Å²) < 4.78 is 5.35. The maximum absolute atomic E-state index is 11.9. The monoisotopic (exact) mass is 317 g/mol. The number of pyridine rings is 1. The van der Waals surface area contributed by atoms with Gasteiger partial charge in [0.2, 0.25) is 5.91 Å². The Morgan fingerprint density at radius 2 is 2.36 bits per heavy atom. The predicted octanol–water partition coefficient (Wildman–Crippen LogP) is 1.80.